The van der Waals surface area contributed by atoms with E-state index in [1.807, 2.05) is 0 Å². The maximum Gasteiger partial charge on any atom is 0.237 e. The van der Waals surface area contributed by atoms with Crippen molar-refractivity contribution in [3.63, 3.8) is 0 Å². The van der Waals surface area contributed by atoms with Crippen molar-refractivity contribution >= 4 is 11.8 Å². The van der Waals surface area contributed by atoms with Crippen LogP contribution in [0.5, 0.6) is 0 Å². The van der Waals surface area contributed by atoms with E-state index in [9.17, 15) is 9.59 Å². The van der Waals surface area contributed by atoms with E-state index in [1.54, 1.807) is 0 Å². The molecule has 1 fully saturated rings. The minimum absolute atomic E-state index is 0.103. The number of nitrogens with zero attached hydrogens (tertiary/aromatic N) is 1. The summed E-state index contributed by atoms with van der Waals surface area (Å²) >= 11 is 0. The van der Waals surface area contributed by atoms with Crippen LogP contribution in [0.2, 0.25) is 0 Å². The van der Waals surface area contributed by atoms with Crippen LogP contribution in [0.1, 0.15) is 26.2 Å². The van der Waals surface area contributed by atoms with Gasteiger partial charge in [0.15, 0.2) is 0 Å². The molecule has 6 heteroatoms. The third-order valence-corrected chi connectivity index (χ3v) is 3.31. The first kappa shape index (κ1) is 13.9. The molecule has 2 amide bonds. The number of hydrogen-bond donors (Lipinski definition) is 3. The Labute approximate surface area is 102 Å². The highest BCUT2D eigenvalue weighted by Gasteiger charge is 2.25. The zero-order valence-corrected chi connectivity index (χ0v) is 10.5. The summed E-state index contributed by atoms with van der Waals surface area (Å²) in [6.45, 7) is 3.08. The Morgan fingerprint density at radius 1 is 1.53 bits per heavy atom. The fourth-order valence-corrected chi connectivity index (χ4v) is 2.04. The lowest BCUT2D eigenvalue weighted by molar-refractivity contribution is -0.127. The van der Waals surface area contributed by atoms with Crippen LogP contribution < -0.4 is 16.8 Å². The van der Waals surface area contributed by atoms with Crippen LogP contribution >= 0.6 is 0 Å². The first-order valence-corrected chi connectivity index (χ1v) is 5.94. The molecule has 6 nitrogen and oxygen atoms in total. The van der Waals surface area contributed by atoms with E-state index in [2.05, 4.69) is 24.2 Å². The molecule has 0 bridgehead atoms. The molecule has 98 valence electrons. The lowest BCUT2D eigenvalue weighted by Crippen LogP contribution is -2.51. The fourth-order valence-electron chi connectivity index (χ4n) is 2.04. The Bertz CT molecular complexity index is 295. The molecule has 1 heterocycles. The maximum atomic E-state index is 11.7. The van der Waals surface area contributed by atoms with Gasteiger partial charge < -0.3 is 21.7 Å². The molecule has 0 radical (unpaired) electrons. The van der Waals surface area contributed by atoms with E-state index in [-0.39, 0.29) is 18.4 Å². The molecule has 3 atom stereocenters. The summed E-state index contributed by atoms with van der Waals surface area (Å²) in [7, 11) is 2.07. The van der Waals surface area contributed by atoms with Crippen LogP contribution in [0.15, 0.2) is 0 Å². The van der Waals surface area contributed by atoms with Gasteiger partial charge in [-0.1, -0.05) is 0 Å². The summed E-state index contributed by atoms with van der Waals surface area (Å²) in [5, 5.41) is 2.88. The lowest BCUT2D eigenvalue weighted by atomic mass is 9.98. The summed E-state index contributed by atoms with van der Waals surface area (Å²) < 4.78 is 0. The predicted molar refractivity (Wildman–Crippen MR) is 65.0 cm³/mol. The van der Waals surface area contributed by atoms with Gasteiger partial charge in [-0.05, 0) is 26.8 Å². The number of rotatable bonds is 4. The molecular formula is C11H22N4O2. The second-order valence-corrected chi connectivity index (χ2v) is 4.84. The molecule has 1 saturated heterocycles. The van der Waals surface area contributed by atoms with Gasteiger partial charge in [-0.3, -0.25) is 9.59 Å². The standard InChI is InChI=1S/C11H22N4O2/c1-7-5-8(3-4-15(7)2)14-11(17)9(12)6-10(13)16/h7-9H,3-6,12H2,1-2H3,(H2,13,16)(H,14,17). The van der Waals surface area contributed by atoms with Crippen molar-refractivity contribution in [3.05, 3.63) is 0 Å². The minimum atomic E-state index is -0.831. The highest BCUT2D eigenvalue weighted by atomic mass is 16.2. The molecule has 1 aliphatic rings. The zero-order valence-electron chi connectivity index (χ0n) is 10.5. The predicted octanol–water partition coefficient (Wildman–Crippen LogP) is -1.21. The second-order valence-electron chi connectivity index (χ2n) is 4.84. The number of nitrogens with one attached hydrogen (secondary N) is 1. The molecule has 0 spiro atoms. The number of amides is 2. The number of hydrogen-bond acceptors (Lipinski definition) is 4. The van der Waals surface area contributed by atoms with E-state index >= 15 is 0 Å². The van der Waals surface area contributed by atoms with Crippen LogP contribution in [0, 0.1) is 0 Å². The van der Waals surface area contributed by atoms with Gasteiger partial charge in [0.2, 0.25) is 11.8 Å². The zero-order chi connectivity index (χ0) is 13.0. The molecular weight excluding hydrogens is 220 g/mol. The Morgan fingerprint density at radius 2 is 2.18 bits per heavy atom. The van der Waals surface area contributed by atoms with Crippen molar-refractivity contribution in [3.8, 4) is 0 Å². The van der Waals surface area contributed by atoms with Gasteiger partial charge in [0.1, 0.15) is 0 Å². The number of carbonyl (C=O) groups excluding carboxylic acids is 2. The van der Waals surface area contributed by atoms with Gasteiger partial charge in [-0.2, -0.15) is 0 Å². The SMILES string of the molecule is CC1CC(NC(=O)C(N)CC(N)=O)CCN1C. The average Bonchev–Trinajstić information content (AvgIpc) is 2.22. The van der Waals surface area contributed by atoms with E-state index in [1.165, 1.54) is 0 Å². The summed E-state index contributed by atoms with van der Waals surface area (Å²) in [4.78, 5) is 24.6. The molecule has 0 aromatic carbocycles. The number of carbonyl (C=O) groups is 2. The monoisotopic (exact) mass is 242 g/mol. The van der Waals surface area contributed by atoms with Crippen molar-refractivity contribution in [1.29, 1.82) is 0 Å². The topological polar surface area (TPSA) is 101 Å². The van der Waals surface area contributed by atoms with Crippen LogP contribution in [0.25, 0.3) is 0 Å². The van der Waals surface area contributed by atoms with Crippen molar-refractivity contribution in [2.45, 2.75) is 44.3 Å². The van der Waals surface area contributed by atoms with Crippen LogP contribution in [0.4, 0.5) is 0 Å². The highest BCUT2D eigenvalue weighted by Crippen LogP contribution is 2.15. The van der Waals surface area contributed by atoms with Crippen molar-refractivity contribution in [2.75, 3.05) is 13.6 Å². The highest BCUT2D eigenvalue weighted by molar-refractivity contribution is 5.87. The average molecular weight is 242 g/mol. The molecule has 1 aliphatic heterocycles. The van der Waals surface area contributed by atoms with Gasteiger partial charge in [-0.15, -0.1) is 0 Å². The normalized spacial score (nSPS) is 27.5. The number of likely N-dealkylation sites (tertiary alicyclic amines) is 1. The Morgan fingerprint density at radius 3 is 2.71 bits per heavy atom. The maximum absolute atomic E-state index is 11.7. The Hall–Kier alpha value is -1.14. The molecule has 1 rings (SSSR count). The molecule has 17 heavy (non-hydrogen) atoms. The first-order valence-electron chi connectivity index (χ1n) is 5.94. The number of piperidine rings is 1. The van der Waals surface area contributed by atoms with E-state index < -0.39 is 11.9 Å². The lowest BCUT2D eigenvalue weighted by Gasteiger charge is -2.35. The minimum Gasteiger partial charge on any atom is -0.370 e. The van der Waals surface area contributed by atoms with Gasteiger partial charge in [0, 0.05) is 18.6 Å². The second kappa shape index (κ2) is 5.97. The smallest absolute Gasteiger partial charge is 0.237 e. The fraction of sp³-hybridized carbons (Fsp3) is 0.818. The summed E-state index contributed by atoms with van der Waals surface area (Å²) in [5.74, 6) is -0.838. The molecule has 0 aromatic heterocycles. The molecule has 0 aromatic rings. The summed E-state index contributed by atoms with van der Waals surface area (Å²) in [6, 6.07) is -0.239. The van der Waals surface area contributed by atoms with Crippen LogP contribution in [-0.2, 0) is 9.59 Å². The van der Waals surface area contributed by atoms with Crippen molar-refractivity contribution < 1.29 is 9.59 Å². The van der Waals surface area contributed by atoms with E-state index in [0.717, 1.165) is 19.4 Å². The van der Waals surface area contributed by atoms with Gasteiger partial charge in [0.25, 0.3) is 0 Å². The van der Waals surface area contributed by atoms with Crippen molar-refractivity contribution in [2.24, 2.45) is 11.5 Å². The third kappa shape index (κ3) is 4.32. The number of nitrogens with two attached hydrogens (primary N) is 2. The molecule has 5 N–H and O–H groups in total. The first-order chi connectivity index (χ1) is 7.90. The summed E-state index contributed by atoms with van der Waals surface area (Å²) in [6.07, 6.45) is 1.72. The van der Waals surface area contributed by atoms with Crippen molar-refractivity contribution in [1.82, 2.24) is 10.2 Å². The largest absolute Gasteiger partial charge is 0.370 e. The third-order valence-electron chi connectivity index (χ3n) is 3.31. The van der Waals surface area contributed by atoms with E-state index in [0.29, 0.717) is 6.04 Å². The van der Waals surface area contributed by atoms with Gasteiger partial charge in [-0.25, -0.2) is 0 Å². The Balaban J connectivity index is 2.38. The van der Waals surface area contributed by atoms with Crippen LogP contribution in [0.3, 0.4) is 0 Å². The molecule has 0 saturated carbocycles. The summed E-state index contributed by atoms with van der Waals surface area (Å²) in [5.41, 5.74) is 10.6. The number of primary amides is 1. The quantitative estimate of drug-likeness (QED) is 0.575. The van der Waals surface area contributed by atoms with Gasteiger partial charge in [0.05, 0.1) is 12.5 Å². The van der Waals surface area contributed by atoms with E-state index in [4.69, 9.17) is 11.5 Å². The molecule has 3 unspecified atom stereocenters. The Kier molecular flexibility index (Phi) is 4.89. The van der Waals surface area contributed by atoms with Crippen LogP contribution in [-0.4, -0.2) is 48.4 Å². The molecule has 0 aliphatic carbocycles. The van der Waals surface area contributed by atoms with Gasteiger partial charge >= 0.3 is 0 Å².